The van der Waals surface area contributed by atoms with Crippen molar-refractivity contribution in [3.63, 3.8) is 0 Å². The second-order valence-electron chi connectivity index (χ2n) is 20.4. The minimum atomic E-state index is -1.52. The van der Waals surface area contributed by atoms with Gasteiger partial charge in [0.1, 0.15) is 36.2 Å². The Bertz CT molecular complexity index is 2530. The van der Waals surface area contributed by atoms with Gasteiger partial charge in [-0.1, -0.05) is 143 Å². The van der Waals surface area contributed by atoms with Crippen LogP contribution in [0.3, 0.4) is 0 Å². The van der Waals surface area contributed by atoms with Crippen molar-refractivity contribution in [2.24, 2.45) is 22.9 Å². The minimum Gasteiger partial charge on any atom is -0.459 e. The van der Waals surface area contributed by atoms with E-state index < -0.39 is 23.8 Å². The van der Waals surface area contributed by atoms with Crippen molar-refractivity contribution >= 4 is 18.1 Å². The van der Waals surface area contributed by atoms with Crippen molar-refractivity contribution in [1.29, 1.82) is 0 Å². The van der Waals surface area contributed by atoms with Crippen LogP contribution in [0, 0.1) is 17.8 Å². The fourth-order valence-corrected chi connectivity index (χ4v) is 11.6. The summed E-state index contributed by atoms with van der Waals surface area (Å²) >= 11 is 0. The fourth-order valence-electron chi connectivity index (χ4n) is 11.6. The van der Waals surface area contributed by atoms with Crippen LogP contribution in [-0.2, 0) is 27.5 Å². The Labute approximate surface area is 443 Å². The third-order valence-electron chi connectivity index (χ3n) is 15.2. The van der Waals surface area contributed by atoms with Gasteiger partial charge in [-0.2, -0.15) is 0 Å². The zero-order chi connectivity index (χ0) is 52.2. The number of allylic oxidation sites excluding steroid dienone is 1. The number of carbonyl (C=O) groups excluding carboxylic acids is 2. The molecule has 2 aliphatic heterocycles. The zero-order valence-corrected chi connectivity index (χ0v) is 43.9. The van der Waals surface area contributed by atoms with Crippen LogP contribution in [0.4, 0.5) is 4.79 Å². The van der Waals surface area contributed by atoms with Crippen LogP contribution in [-0.4, -0.2) is 78.3 Å². The lowest BCUT2D eigenvalue weighted by Crippen LogP contribution is -2.70. The molecule has 0 spiro atoms. The molecule has 0 unspecified atom stereocenters. The van der Waals surface area contributed by atoms with Crippen LogP contribution in [0.1, 0.15) is 149 Å². The molecule has 13 heteroatoms. The molecule has 0 aromatic heterocycles. The Kier molecular flexibility index (Phi) is 20.7. The number of aldehydes is 1. The lowest BCUT2D eigenvalue weighted by Gasteiger charge is -2.59. The Balaban J connectivity index is 1.24. The molecule has 2 N–H and O–H groups in total. The normalized spacial score (nSPS) is 21.6. The number of aliphatic hydroxyl groups is 2. The van der Waals surface area contributed by atoms with Gasteiger partial charge in [-0.3, -0.25) is 9.69 Å². The lowest BCUT2D eigenvalue weighted by atomic mass is 9.55. The number of ether oxygens (including phenoxy) is 6. The molecular weight excluding hydrogens is 949 g/mol. The van der Waals surface area contributed by atoms with Crippen molar-refractivity contribution in [2.45, 2.75) is 147 Å². The number of amides is 1. The zero-order valence-electron chi connectivity index (χ0n) is 43.9. The predicted molar refractivity (Wildman–Crippen MR) is 289 cm³/mol. The molecule has 0 bridgehead atoms. The topological polar surface area (TPSA) is 155 Å². The van der Waals surface area contributed by atoms with Crippen LogP contribution in [0.2, 0.25) is 0 Å². The van der Waals surface area contributed by atoms with Crippen molar-refractivity contribution < 1.29 is 53.1 Å². The van der Waals surface area contributed by atoms with E-state index in [1.54, 1.807) is 29.2 Å². The van der Waals surface area contributed by atoms with Crippen molar-refractivity contribution in [1.82, 2.24) is 4.90 Å². The van der Waals surface area contributed by atoms with E-state index in [-0.39, 0.29) is 70.5 Å². The van der Waals surface area contributed by atoms with Crippen molar-refractivity contribution in [3.05, 3.63) is 138 Å². The van der Waals surface area contributed by atoms with E-state index >= 15 is 4.79 Å². The number of fused-ring (bicyclic) bond motifs is 3. The Morgan fingerprint density at radius 2 is 1.52 bits per heavy atom. The van der Waals surface area contributed by atoms with E-state index in [2.05, 4.69) is 19.6 Å². The van der Waals surface area contributed by atoms with Gasteiger partial charge >= 0.3 is 6.09 Å². The maximum atomic E-state index is 15.3. The third kappa shape index (κ3) is 14.0. The number of carbonyl (C=O) groups is 2. The van der Waals surface area contributed by atoms with Gasteiger partial charge in [0.15, 0.2) is 11.5 Å². The van der Waals surface area contributed by atoms with Gasteiger partial charge in [0.05, 0.1) is 24.8 Å². The molecule has 13 nitrogen and oxygen atoms in total. The molecule has 1 amide bonds. The third-order valence-corrected chi connectivity index (χ3v) is 15.2. The average molecular weight is 1030 g/mol. The number of unbranched alkanes of at least 4 members (excludes halogenated alkanes) is 11. The molecule has 2 heterocycles. The number of nitrogens with zero attached hydrogens (tertiary/aromatic N) is 2. The van der Waals surface area contributed by atoms with Gasteiger partial charge < -0.3 is 43.5 Å². The highest BCUT2D eigenvalue weighted by Crippen LogP contribution is 2.62. The highest BCUT2D eigenvalue weighted by molar-refractivity contribution is 6.03. The smallest absolute Gasteiger partial charge is 0.410 e. The number of hydrogen-bond acceptors (Lipinski definition) is 12. The van der Waals surface area contributed by atoms with E-state index in [4.69, 9.17) is 38.4 Å². The number of rotatable bonds is 31. The summed E-state index contributed by atoms with van der Waals surface area (Å²) in [6.45, 7) is 7.32. The molecule has 4 aromatic rings. The molecular formula is C62H78N2O11. The first-order valence-corrected chi connectivity index (χ1v) is 27.7. The van der Waals surface area contributed by atoms with Crippen LogP contribution >= 0.6 is 0 Å². The van der Waals surface area contributed by atoms with Crippen LogP contribution < -0.4 is 18.9 Å². The lowest BCUT2D eigenvalue weighted by molar-refractivity contribution is -0.256. The van der Waals surface area contributed by atoms with E-state index in [0.29, 0.717) is 52.9 Å². The largest absolute Gasteiger partial charge is 0.459 e. The second-order valence-corrected chi connectivity index (χ2v) is 20.4. The van der Waals surface area contributed by atoms with E-state index in [1.807, 2.05) is 72.8 Å². The molecule has 4 aromatic carbocycles. The predicted octanol–water partition coefficient (Wildman–Crippen LogP) is 13.4. The Hall–Kier alpha value is -6.15. The first kappa shape index (κ1) is 55.1. The summed E-state index contributed by atoms with van der Waals surface area (Å²) in [5.41, 5.74) is 4.75. The summed E-state index contributed by atoms with van der Waals surface area (Å²) in [7, 11) is 0. The summed E-state index contributed by atoms with van der Waals surface area (Å²) in [6, 6.07) is 27.7. The molecule has 1 saturated carbocycles. The van der Waals surface area contributed by atoms with Gasteiger partial charge in [0, 0.05) is 43.2 Å². The van der Waals surface area contributed by atoms with E-state index in [1.165, 1.54) is 38.5 Å². The van der Waals surface area contributed by atoms with Crippen LogP contribution in [0.5, 0.6) is 28.7 Å². The summed E-state index contributed by atoms with van der Waals surface area (Å²) in [6.07, 6.45) is 20.5. The average Bonchev–Trinajstić information content (AvgIpc) is 3.98. The minimum absolute atomic E-state index is 0.0113. The Morgan fingerprint density at radius 1 is 0.787 bits per heavy atom. The maximum Gasteiger partial charge on any atom is 0.410 e. The highest BCUT2D eigenvalue weighted by atomic mass is 16.7. The van der Waals surface area contributed by atoms with Gasteiger partial charge in [0.2, 0.25) is 12.6 Å². The molecule has 0 radical (unpaired) electrons. The monoisotopic (exact) mass is 1030 g/mol. The molecule has 6 atom stereocenters. The fraction of sp³-hybridized carbons (Fsp3) is 0.500. The van der Waals surface area contributed by atoms with Gasteiger partial charge in [-0.05, 0) is 103 Å². The molecule has 1 fully saturated rings. The quantitative estimate of drug-likeness (QED) is 0.0214. The molecule has 2 aliphatic carbocycles. The molecule has 402 valence electrons. The van der Waals surface area contributed by atoms with Gasteiger partial charge in [-0.25, -0.2) is 4.79 Å². The van der Waals surface area contributed by atoms with E-state index in [0.717, 1.165) is 79.9 Å². The first-order chi connectivity index (χ1) is 36.9. The Morgan fingerprint density at radius 3 is 2.28 bits per heavy atom. The molecule has 75 heavy (non-hydrogen) atoms. The van der Waals surface area contributed by atoms with Gasteiger partial charge in [0.25, 0.3) is 0 Å². The standard InChI is InChI=1S/C62H78N2O11/c1-3-5-6-7-8-9-10-11-12-20-35-69-61(68)64(41-46-28-30-56-57(37-46)71-44-70-56)58-40-54(63-73-43-45-22-14-13-15-23-45)52-38-48(25-16-18-32-65)51(27-17-19-33-66)59-53-39-50(74-49-26-21-24-47(36-49)42-67)29-31-55(53)75-62(58,60(52)59)72-34-4-2/h4,13-15,21-24,26,28-31,36-39,42,48,51,58-60,65-66H,2-3,5-12,16-20,25,27,32-35,40-41,43-44H2,1H3/t48-,51+,58-,59+,60+,62+/m0/s1. The number of hydrogen-bond donors (Lipinski definition) is 2. The van der Waals surface area contributed by atoms with Crippen molar-refractivity contribution in [3.8, 4) is 28.7 Å². The van der Waals surface area contributed by atoms with E-state index in [9.17, 15) is 15.0 Å². The van der Waals surface area contributed by atoms with Crippen molar-refractivity contribution in [2.75, 3.05) is 33.2 Å². The SMILES string of the molecule is C=CCO[C@@]12Oc3ccc(Oc4cccc(C=O)c4)cc3[C@H]3[C@H](CCCCO)[C@@H](CCCCO)C=C(C(=NOCc4ccccc4)C[C@@H]1N(Cc1ccc4c(c1)OCO4)C(=O)OCCCCCCCCCCCC)[C@H]32. The summed E-state index contributed by atoms with van der Waals surface area (Å²) in [5.74, 6) is 0.541. The molecule has 0 saturated heterocycles. The second kappa shape index (κ2) is 28.1. The summed E-state index contributed by atoms with van der Waals surface area (Å²) < 4.78 is 39.2. The van der Waals surface area contributed by atoms with Crippen LogP contribution in [0.25, 0.3) is 0 Å². The summed E-state index contributed by atoms with van der Waals surface area (Å²) in [5, 5.41) is 25.2. The molecule has 8 rings (SSSR count). The highest BCUT2D eigenvalue weighted by Gasteiger charge is 2.66. The number of oxime groups is 1. The summed E-state index contributed by atoms with van der Waals surface area (Å²) in [4.78, 5) is 35.2. The first-order valence-electron chi connectivity index (χ1n) is 27.7. The van der Waals surface area contributed by atoms with Crippen LogP contribution in [0.15, 0.2) is 120 Å². The van der Waals surface area contributed by atoms with Gasteiger partial charge in [-0.15, -0.1) is 6.58 Å². The molecule has 4 aliphatic rings. The number of benzene rings is 4. The number of aliphatic hydroxyl groups excluding tert-OH is 2. The maximum absolute atomic E-state index is 15.3.